The third kappa shape index (κ3) is 12.2. The van der Waals surface area contributed by atoms with Gasteiger partial charge in [-0.1, -0.05) is 0 Å². The number of aliphatic hydroxyl groups excluding tert-OH is 1. The molecule has 0 aromatic rings. The molecule has 4 atom stereocenters. The van der Waals surface area contributed by atoms with Crippen LogP contribution in [0.4, 0.5) is 0 Å². The Hall–Kier alpha value is -2.95. The Balaban J connectivity index is 2.77. The molecule has 1 rings (SSSR count). The van der Waals surface area contributed by atoms with Crippen molar-refractivity contribution >= 4 is 47.3 Å². The lowest BCUT2D eigenvalue weighted by Gasteiger charge is -2.25. The fourth-order valence-electron chi connectivity index (χ4n) is 3.89. The predicted octanol–water partition coefficient (Wildman–Crippen LogP) is -3.53. The maximum atomic E-state index is 12.9. The summed E-state index contributed by atoms with van der Waals surface area (Å²) in [5.74, 6) is -3.78. The van der Waals surface area contributed by atoms with Crippen LogP contribution < -0.4 is 32.7 Å². The summed E-state index contributed by atoms with van der Waals surface area (Å²) in [6, 6.07) is -4.13. The zero-order valence-corrected chi connectivity index (χ0v) is 23.0. The minimum Gasteiger partial charge on any atom is -0.480 e. The largest absolute Gasteiger partial charge is 0.480 e. The number of nitrogens with one attached hydrogen (secondary N) is 4. The van der Waals surface area contributed by atoms with E-state index < -0.39 is 79.4 Å². The van der Waals surface area contributed by atoms with Gasteiger partial charge < -0.3 is 47.8 Å². The molecule has 10 N–H and O–H groups in total. The fourth-order valence-corrected chi connectivity index (χ4v) is 4.38. The number of hydrogen-bond donors (Lipinski definition) is 8. The van der Waals surface area contributed by atoms with E-state index in [1.807, 2.05) is 6.26 Å². The van der Waals surface area contributed by atoms with Crippen molar-refractivity contribution in [1.29, 1.82) is 0 Å². The van der Waals surface area contributed by atoms with Crippen molar-refractivity contribution < 1.29 is 39.0 Å². The van der Waals surface area contributed by atoms with E-state index in [0.29, 0.717) is 44.4 Å². The number of nitrogens with two attached hydrogens (primary N) is 2. The Labute approximate surface area is 231 Å². The minimum atomic E-state index is -1.33. The quantitative estimate of drug-likeness (QED) is 0.0744. The molecule has 5 amide bonds. The molecule has 0 bridgehead atoms. The van der Waals surface area contributed by atoms with E-state index in [1.54, 1.807) is 0 Å². The number of hydrogen-bond acceptors (Lipinski definition) is 10. The Kier molecular flexibility index (Phi) is 16.0. The van der Waals surface area contributed by atoms with Gasteiger partial charge in [0.1, 0.15) is 24.7 Å². The number of carbonyl (C=O) groups excluding carboxylic acids is 5. The van der Waals surface area contributed by atoms with Crippen LogP contribution in [0.5, 0.6) is 0 Å². The zero-order valence-electron chi connectivity index (χ0n) is 22.1. The van der Waals surface area contributed by atoms with Gasteiger partial charge in [-0.25, -0.2) is 0 Å². The van der Waals surface area contributed by atoms with Crippen LogP contribution in [-0.4, -0.2) is 120 Å². The van der Waals surface area contributed by atoms with Crippen molar-refractivity contribution in [3.63, 3.8) is 0 Å². The molecule has 1 aliphatic heterocycles. The molecule has 0 aromatic heterocycles. The number of amides is 5. The van der Waals surface area contributed by atoms with Gasteiger partial charge in [0, 0.05) is 6.54 Å². The van der Waals surface area contributed by atoms with E-state index in [1.165, 1.54) is 16.7 Å². The molecule has 0 spiro atoms. The van der Waals surface area contributed by atoms with Crippen LogP contribution in [0.2, 0.25) is 0 Å². The van der Waals surface area contributed by atoms with Crippen LogP contribution in [0, 0.1) is 0 Å². The summed E-state index contributed by atoms with van der Waals surface area (Å²) in [7, 11) is 0. The molecule has 0 radical (unpaired) electrons. The normalized spacial score (nSPS) is 17.0. The molecule has 222 valence electrons. The molecule has 0 unspecified atom stereocenters. The first-order valence-electron chi connectivity index (χ1n) is 12.8. The summed E-state index contributed by atoms with van der Waals surface area (Å²) in [6.45, 7) is -1.10. The van der Waals surface area contributed by atoms with Gasteiger partial charge in [-0.2, -0.15) is 11.8 Å². The number of carboxylic acids is 1. The molecular weight excluding hydrogens is 534 g/mol. The van der Waals surface area contributed by atoms with Crippen LogP contribution in [0.25, 0.3) is 0 Å². The lowest BCUT2D eigenvalue weighted by Crippen LogP contribution is -2.57. The predicted molar refractivity (Wildman–Crippen MR) is 143 cm³/mol. The Morgan fingerprint density at radius 3 is 2.28 bits per heavy atom. The van der Waals surface area contributed by atoms with Gasteiger partial charge in [-0.05, 0) is 57.1 Å². The van der Waals surface area contributed by atoms with Crippen molar-refractivity contribution in [2.24, 2.45) is 11.5 Å². The Bertz CT molecular complexity index is 862. The standard InChI is InChI=1S/C23H41N7O8S/c1-39-10-7-14(25)20(35)29-16(13-31)22(37)28-15(5-2-3-8-24)21(36)26-11-18(32)30-9-4-6-17(30)23(38)27-12-19(33)34/h14-17,31H,2-13,24-25H2,1H3,(H,26,36)(H,27,38)(H,28,37)(H,29,35)(H,33,34)/t14-,15-,16-,17-/m0/s1. The third-order valence-corrected chi connectivity index (χ3v) is 6.71. The lowest BCUT2D eigenvalue weighted by molar-refractivity contribution is -0.141. The molecule has 0 saturated carbocycles. The van der Waals surface area contributed by atoms with E-state index in [2.05, 4.69) is 21.3 Å². The number of carbonyl (C=O) groups is 6. The van der Waals surface area contributed by atoms with E-state index in [9.17, 15) is 33.9 Å². The summed E-state index contributed by atoms with van der Waals surface area (Å²) >= 11 is 1.51. The van der Waals surface area contributed by atoms with Crippen LogP contribution in [-0.2, 0) is 28.8 Å². The summed E-state index contributed by atoms with van der Waals surface area (Å²) < 4.78 is 0. The van der Waals surface area contributed by atoms with Crippen molar-refractivity contribution in [1.82, 2.24) is 26.2 Å². The highest BCUT2D eigenvalue weighted by Gasteiger charge is 2.34. The second-order valence-corrected chi connectivity index (χ2v) is 10.0. The second kappa shape index (κ2) is 18.4. The molecule has 1 aliphatic rings. The van der Waals surface area contributed by atoms with Gasteiger partial charge in [-0.15, -0.1) is 0 Å². The second-order valence-electron chi connectivity index (χ2n) is 9.05. The van der Waals surface area contributed by atoms with Crippen molar-refractivity contribution in [3.8, 4) is 0 Å². The van der Waals surface area contributed by atoms with Crippen molar-refractivity contribution in [2.75, 3.05) is 44.8 Å². The maximum Gasteiger partial charge on any atom is 0.322 e. The van der Waals surface area contributed by atoms with E-state index in [-0.39, 0.29) is 13.0 Å². The number of aliphatic hydroxyl groups is 1. The number of rotatable bonds is 18. The van der Waals surface area contributed by atoms with Crippen LogP contribution in [0.3, 0.4) is 0 Å². The van der Waals surface area contributed by atoms with Gasteiger partial charge in [-0.3, -0.25) is 28.8 Å². The van der Waals surface area contributed by atoms with E-state index >= 15 is 0 Å². The van der Waals surface area contributed by atoms with Crippen molar-refractivity contribution in [2.45, 2.75) is 62.7 Å². The number of unbranched alkanes of at least 4 members (excludes halogenated alkanes) is 1. The van der Waals surface area contributed by atoms with Gasteiger partial charge in [0.25, 0.3) is 0 Å². The van der Waals surface area contributed by atoms with Crippen LogP contribution in [0.15, 0.2) is 0 Å². The molecule has 0 aromatic carbocycles. The zero-order chi connectivity index (χ0) is 29.4. The molecule has 16 heteroatoms. The minimum absolute atomic E-state index is 0.187. The molecule has 15 nitrogen and oxygen atoms in total. The highest BCUT2D eigenvalue weighted by Crippen LogP contribution is 2.17. The number of thioether (sulfide) groups is 1. The first kappa shape index (κ1) is 34.1. The third-order valence-electron chi connectivity index (χ3n) is 6.07. The molecule has 1 saturated heterocycles. The van der Waals surface area contributed by atoms with E-state index in [4.69, 9.17) is 16.6 Å². The maximum absolute atomic E-state index is 12.9. The molecule has 39 heavy (non-hydrogen) atoms. The number of aliphatic carboxylic acids is 1. The van der Waals surface area contributed by atoms with Gasteiger partial charge in [0.15, 0.2) is 0 Å². The van der Waals surface area contributed by atoms with Crippen LogP contribution in [0.1, 0.15) is 38.5 Å². The topological polar surface area (TPSA) is 246 Å². The smallest absolute Gasteiger partial charge is 0.322 e. The number of nitrogens with zero attached hydrogens (tertiary/aromatic N) is 1. The average molecular weight is 576 g/mol. The monoisotopic (exact) mass is 575 g/mol. The lowest BCUT2D eigenvalue weighted by atomic mass is 10.1. The van der Waals surface area contributed by atoms with E-state index in [0.717, 1.165) is 0 Å². The summed E-state index contributed by atoms with van der Waals surface area (Å²) in [6.07, 6.45) is 4.38. The molecule has 1 fully saturated rings. The summed E-state index contributed by atoms with van der Waals surface area (Å²) in [5, 5.41) is 28.0. The average Bonchev–Trinajstić information content (AvgIpc) is 3.41. The molecular formula is C23H41N7O8S. The highest BCUT2D eigenvalue weighted by atomic mass is 32.2. The first-order valence-corrected chi connectivity index (χ1v) is 14.2. The van der Waals surface area contributed by atoms with Crippen LogP contribution >= 0.6 is 11.8 Å². The number of carboxylic acid groups (broad SMARTS) is 1. The highest BCUT2D eigenvalue weighted by molar-refractivity contribution is 7.98. The molecule has 0 aliphatic carbocycles. The Morgan fingerprint density at radius 1 is 0.974 bits per heavy atom. The molecule has 1 heterocycles. The van der Waals surface area contributed by atoms with Gasteiger partial charge in [0.05, 0.1) is 19.2 Å². The fraction of sp³-hybridized carbons (Fsp3) is 0.739. The first-order chi connectivity index (χ1) is 18.5. The Morgan fingerprint density at radius 2 is 1.67 bits per heavy atom. The SMILES string of the molecule is CSCC[C@H](N)C(=O)N[C@@H](CO)C(=O)N[C@@H](CCCCN)C(=O)NCC(=O)N1CCC[C@H]1C(=O)NCC(=O)O. The number of likely N-dealkylation sites (tertiary alicyclic amines) is 1. The van der Waals surface area contributed by atoms with Crippen molar-refractivity contribution in [3.05, 3.63) is 0 Å². The summed E-state index contributed by atoms with van der Waals surface area (Å²) in [5.41, 5.74) is 11.3. The summed E-state index contributed by atoms with van der Waals surface area (Å²) in [4.78, 5) is 74.9. The van der Waals surface area contributed by atoms with Gasteiger partial charge in [0.2, 0.25) is 29.5 Å². The van der Waals surface area contributed by atoms with Gasteiger partial charge >= 0.3 is 5.97 Å².